The van der Waals surface area contributed by atoms with E-state index < -0.39 is 42.1 Å². The number of benzene rings is 2. The van der Waals surface area contributed by atoms with E-state index in [0.717, 1.165) is 49.0 Å². The molecule has 0 unspecified atom stereocenters. The van der Waals surface area contributed by atoms with Gasteiger partial charge in [-0.1, -0.05) is 17.9 Å². The molecule has 1 heterocycles. The molecular weight excluding hydrogens is 647 g/mol. The number of anilines is 2. The first-order valence-electron chi connectivity index (χ1n) is 15.0. The lowest BCUT2D eigenvalue weighted by molar-refractivity contribution is -0.274. The SMILES string of the molecule is CCN(C[C@H]1CC[C@H](CCO)CC1)c1ccc(OC(F)(F)F)cc1CN(Cc1cc(C(F)(F)F)cc(C(F)(F)F)c1)c1nnn(C)n1. The minimum absolute atomic E-state index is 0.0148. The first kappa shape index (κ1) is 36.1. The van der Waals surface area contributed by atoms with E-state index in [1.54, 1.807) is 0 Å². The summed E-state index contributed by atoms with van der Waals surface area (Å²) in [6.07, 6.45) is -10.8. The van der Waals surface area contributed by atoms with Crippen LogP contribution in [0, 0.1) is 11.8 Å². The number of halogens is 9. The van der Waals surface area contributed by atoms with Crippen LogP contribution in [-0.2, 0) is 32.5 Å². The number of aliphatic hydroxyl groups excluding tert-OH is 1. The number of alkyl halides is 9. The summed E-state index contributed by atoms with van der Waals surface area (Å²) < 4.78 is 125. The largest absolute Gasteiger partial charge is 0.573 e. The molecule has 0 aliphatic heterocycles. The van der Waals surface area contributed by atoms with Crippen molar-refractivity contribution in [2.24, 2.45) is 18.9 Å². The monoisotopic (exact) mass is 682 g/mol. The Labute approximate surface area is 265 Å². The normalized spacial score (nSPS) is 17.5. The fraction of sp³-hybridized carbons (Fsp3) is 0.567. The van der Waals surface area contributed by atoms with Crippen molar-refractivity contribution in [1.29, 1.82) is 0 Å². The van der Waals surface area contributed by atoms with E-state index in [4.69, 9.17) is 0 Å². The molecule has 1 N–H and O–H groups in total. The molecule has 2 aromatic carbocycles. The minimum Gasteiger partial charge on any atom is -0.406 e. The molecule has 260 valence electrons. The minimum atomic E-state index is -5.08. The number of aromatic nitrogens is 4. The summed E-state index contributed by atoms with van der Waals surface area (Å²) in [6, 6.07) is 4.91. The molecule has 0 amide bonds. The first-order valence-corrected chi connectivity index (χ1v) is 15.0. The van der Waals surface area contributed by atoms with Crippen molar-refractivity contribution >= 4 is 11.6 Å². The van der Waals surface area contributed by atoms with E-state index in [0.29, 0.717) is 36.8 Å². The Kier molecular flexibility index (Phi) is 11.2. The van der Waals surface area contributed by atoms with Gasteiger partial charge in [-0.05, 0) is 90.8 Å². The van der Waals surface area contributed by atoms with Gasteiger partial charge in [0.15, 0.2) is 0 Å². The van der Waals surface area contributed by atoms with Crippen molar-refractivity contribution in [3.63, 3.8) is 0 Å². The first-order chi connectivity index (χ1) is 21.9. The van der Waals surface area contributed by atoms with Crippen LogP contribution in [0.5, 0.6) is 5.75 Å². The van der Waals surface area contributed by atoms with Gasteiger partial charge < -0.3 is 19.6 Å². The van der Waals surface area contributed by atoms with Crippen LogP contribution in [0.3, 0.4) is 0 Å². The van der Waals surface area contributed by atoms with E-state index in [-0.39, 0.29) is 42.2 Å². The number of aliphatic hydroxyl groups is 1. The third-order valence-electron chi connectivity index (χ3n) is 8.15. The molecular formula is C30H35F9N6O2. The highest BCUT2D eigenvalue weighted by molar-refractivity contribution is 5.58. The van der Waals surface area contributed by atoms with E-state index in [2.05, 4.69) is 20.1 Å². The van der Waals surface area contributed by atoms with Gasteiger partial charge in [0.05, 0.1) is 18.2 Å². The fourth-order valence-electron chi connectivity index (χ4n) is 5.92. The standard InChI is InChI=1S/C30H35F9N6O2/c1-3-44(16-20-6-4-19(5-7-20)10-11-46)26-9-8-25(47-30(37,38)39)14-22(26)18-45(27-40-42-43(2)41-27)17-21-12-23(28(31,32)33)15-24(13-21)29(34,35)36/h8-9,12-15,19-20,46H,3-7,10-11,16-18H2,1-2H3/t19-,20-. The zero-order valence-electron chi connectivity index (χ0n) is 25.6. The summed E-state index contributed by atoms with van der Waals surface area (Å²) in [4.78, 5) is 4.25. The van der Waals surface area contributed by atoms with Crippen molar-refractivity contribution < 1.29 is 49.4 Å². The lowest BCUT2D eigenvalue weighted by atomic mass is 9.80. The molecule has 3 aromatic rings. The van der Waals surface area contributed by atoms with Crippen LogP contribution in [0.1, 0.15) is 61.3 Å². The fourth-order valence-corrected chi connectivity index (χ4v) is 5.92. The second kappa shape index (κ2) is 14.6. The smallest absolute Gasteiger partial charge is 0.406 e. The molecule has 17 heteroatoms. The lowest BCUT2D eigenvalue weighted by Gasteiger charge is -2.35. The molecule has 0 radical (unpaired) electrons. The number of aryl methyl sites for hydroxylation is 1. The van der Waals surface area contributed by atoms with Gasteiger partial charge in [-0.2, -0.15) is 31.1 Å². The molecule has 0 bridgehead atoms. The van der Waals surface area contributed by atoms with Crippen molar-refractivity contribution in [1.82, 2.24) is 20.2 Å². The van der Waals surface area contributed by atoms with Gasteiger partial charge in [-0.15, -0.1) is 18.3 Å². The second-order valence-electron chi connectivity index (χ2n) is 11.6. The predicted octanol–water partition coefficient (Wildman–Crippen LogP) is 7.37. The Morgan fingerprint density at radius 3 is 1.98 bits per heavy atom. The molecule has 1 aliphatic rings. The van der Waals surface area contributed by atoms with Crippen LogP contribution in [0.2, 0.25) is 0 Å². The van der Waals surface area contributed by atoms with Crippen molar-refractivity contribution in [2.45, 2.75) is 70.8 Å². The summed E-state index contributed by atoms with van der Waals surface area (Å²) in [7, 11) is 1.40. The third-order valence-corrected chi connectivity index (χ3v) is 8.15. The molecule has 0 saturated heterocycles. The average Bonchev–Trinajstić information content (AvgIpc) is 3.41. The zero-order chi connectivity index (χ0) is 34.6. The quantitative estimate of drug-likeness (QED) is 0.200. The van der Waals surface area contributed by atoms with Crippen LogP contribution in [0.4, 0.5) is 51.1 Å². The van der Waals surface area contributed by atoms with Crippen LogP contribution in [0.15, 0.2) is 36.4 Å². The van der Waals surface area contributed by atoms with Crippen molar-refractivity contribution in [3.05, 3.63) is 58.7 Å². The van der Waals surface area contributed by atoms with Gasteiger partial charge in [0.2, 0.25) is 0 Å². The Bertz CT molecular complexity index is 1440. The van der Waals surface area contributed by atoms with Crippen LogP contribution >= 0.6 is 0 Å². The lowest BCUT2D eigenvalue weighted by Crippen LogP contribution is -2.33. The molecule has 1 aromatic heterocycles. The Morgan fingerprint density at radius 2 is 1.47 bits per heavy atom. The van der Waals surface area contributed by atoms with Gasteiger partial charge in [0.1, 0.15) is 5.75 Å². The summed E-state index contributed by atoms with van der Waals surface area (Å²) >= 11 is 0. The van der Waals surface area contributed by atoms with E-state index in [1.165, 1.54) is 18.0 Å². The molecule has 1 aliphatic carbocycles. The van der Waals surface area contributed by atoms with Crippen molar-refractivity contribution in [3.8, 4) is 5.75 Å². The number of hydrogen-bond acceptors (Lipinski definition) is 7. The third kappa shape index (κ3) is 10.1. The highest BCUT2D eigenvalue weighted by atomic mass is 19.4. The van der Waals surface area contributed by atoms with Crippen LogP contribution in [-0.4, -0.2) is 51.4 Å². The summed E-state index contributed by atoms with van der Waals surface area (Å²) in [5.74, 6) is -0.0472. The maximum absolute atomic E-state index is 13.6. The molecule has 0 spiro atoms. The number of rotatable bonds is 12. The Hall–Kier alpha value is -3.76. The molecule has 8 nitrogen and oxygen atoms in total. The van der Waals surface area contributed by atoms with E-state index in [1.807, 2.05) is 11.8 Å². The van der Waals surface area contributed by atoms with Crippen LogP contribution < -0.4 is 14.5 Å². The van der Waals surface area contributed by atoms with E-state index >= 15 is 0 Å². The molecule has 1 saturated carbocycles. The summed E-state index contributed by atoms with van der Waals surface area (Å²) in [6.45, 7) is 2.11. The maximum Gasteiger partial charge on any atom is 0.573 e. The van der Waals surface area contributed by atoms with Crippen LogP contribution in [0.25, 0.3) is 0 Å². The van der Waals surface area contributed by atoms with Gasteiger partial charge in [0, 0.05) is 38.5 Å². The molecule has 4 rings (SSSR count). The van der Waals surface area contributed by atoms with Gasteiger partial charge in [-0.25, -0.2) is 0 Å². The topological polar surface area (TPSA) is 79.5 Å². The van der Waals surface area contributed by atoms with Gasteiger partial charge in [-0.3, -0.25) is 0 Å². The number of nitrogens with zero attached hydrogens (tertiary/aromatic N) is 6. The number of tetrazole rings is 1. The molecule has 47 heavy (non-hydrogen) atoms. The molecule has 1 fully saturated rings. The Morgan fingerprint density at radius 1 is 0.851 bits per heavy atom. The van der Waals surface area contributed by atoms with Gasteiger partial charge in [0.25, 0.3) is 5.95 Å². The molecule has 0 atom stereocenters. The predicted molar refractivity (Wildman–Crippen MR) is 153 cm³/mol. The highest BCUT2D eigenvalue weighted by Crippen LogP contribution is 2.38. The number of hydrogen-bond donors (Lipinski definition) is 1. The second-order valence-corrected chi connectivity index (χ2v) is 11.6. The average molecular weight is 683 g/mol. The van der Waals surface area contributed by atoms with E-state index in [9.17, 15) is 44.6 Å². The van der Waals surface area contributed by atoms with Gasteiger partial charge >= 0.3 is 18.7 Å². The summed E-state index contributed by atoms with van der Waals surface area (Å²) in [5, 5.41) is 21.0. The number of ether oxygens (including phenoxy) is 1. The highest BCUT2D eigenvalue weighted by Gasteiger charge is 2.37. The summed E-state index contributed by atoms with van der Waals surface area (Å²) in [5.41, 5.74) is -2.65. The Balaban J connectivity index is 1.73. The maximum atomic E-state index is 13.6. The van der Waals surface area contributed by atoms with Crippen molar-refractivity contribution in [2.75, 3.05) is 29.5 Å². The zero-order valence-corrected chi connectivity index (χ0v) is 25.6.